The normalized spacial score (nSPS) is 22.6. The summed E-state index contributed by atoms with van der Waals surface area (Å²) >= 11 is 0. The Morgan fingerprint density at radius 3 is 2.60 bits per heavy atom. The second-order valence-corrected chi connectivity index (χ2v) is 13.0. The Hall–Kier alpha value is -5.40. The van der Waals surface area contributed by atoms with Gasteiger partial charge < -0.3 is 23.9 Å². The molecule has 6 heterocycles. The van der Waals surface area contributed by atoms with Gasteiger partial charge in [0, 0.05) is 29.9 Å². The average molecular weight is 679 g/mol. The molecule has 1 N–H and O–H groups in total. The summed E-state index contributed by atoms with van der Waals surface area (Å²) in [5.41, 5.74) is 2.47. The van der Waals surface area contributed by atoms with Crippen molar-refractivity contribution in [3.63, 3.8) is 0 Å². The minimum atomic E-state index is -0.292. The molecule has 3 aliphatic rings. The maximum Gasteiger partial charge on any atom is 0.257 e. The summed E-state index contributed by atoms with van der Waals surface area (Å²) < 4.78 is 27.1. The highest BCUT2D eigenvalue weighted by molar-refractivity contribution is 5.66. The molecule has 0 amide bonds. The van der Waals surface area contributed by atoms with Crippen LogP contribution >= 0.6 is 0 Å². The lowest BCUT2D eigenvalue weighted by molar-refractivity contribution is -0.0458. The predicted molar refractivity (Wildman–Crippen MR) is 177 cm³/mol. The van der Waals surface area contributed by atoms with Crippen LogP contribution in [0, 0.1) is 11.3 Å². The Kier molecular flexibility index (Phi) is 9.05. The highest BCUT2D eigenvalue weighted by Crippen LogP contribution is 2.39. The zero-order valence-electron chi connectivity index (χ0n) is 27.7. The number of rotatable bonds is 12. The molecule has 0 radical (unpaired) electrons. The summed E-state index contributed by atoms with van der Waals surface area (Å²) in [6.45, 7) is 4.17. The first-order valence-corrected chi connectivity index (χ1v) is 17.1. The molecule has 2 saturated heterocycles. The van der Waals surface area contributed by atoms with E-state index < -0.39 is 0 Å². The van der Waals surface area contributed by atoms with Gasteiger partial charge in [-0.05, 0) is 74.1 Å². The third kappa shape index (κ3) is 6.87. The summed E-state index contributed by atoms with van der Waals surface area (Å²) in [4.78, 5) is 16.2. The predicted octanol–water partition coefficient (Wildman–Crippen LogP) is 4.32. The van der Waals surface area contributed by atoms with Crippen molar-refractivity contribution in [2.24, 2.45) is 0 Å². The third-order valence-electron chi connectivity index (χ3n) is 9.74. The first kappa shape index (κ1) is 31.8. The van der Waals surface area contributed by atoms with Crippen LogP contribution in [-0.2, 0) is 17.9 Å². The van der Waals surface area contributed by atoms with Crippen LogP contribution in [0.25, 0.3) is 11.3 Å². The van der Waals surface area contributed by atoms with E-state index in [1.165, 1.54) is 25.4 Å². The molecular formula is C34H38N12O4. The van der Waals surface area contributed by atoms with Crippen molar-refractivity contribution in [2.45, 2.75) is 88.9 Å². The van der Waals surface area contributed by atoms with Gasteiger partial charge in [-0.15, -0.1) is 10.2 Å². The minimum Gasteiger partial charge on any atom is -0.487 e. The average Bonchev–Trinajstić information content (AvgIpc) is 3.96. The maximum atomic E-state index is 9.74. The van der Waals surface area contributed by atoms with Gasteiger partial charge in [-0.2, -0.15) is 5.26 Å². The highest BCUT2D eigenvalue weighted by Gasteiger charge is 2.42. The van der Waals surface area contributed by atoms with Crippen LogP contribution in [0.1, 0.15) is 62.9 Å². The lowest BCUT2D eigenvalue weighted by Gasteiger charge is -2.43. The van der Waals surface area contributed by atoms with Crippen molar-refractivity contribution in [2.75, 3.05) is 18.5 Å². The molecular weight excluding hydrogens is 640 g/mol. The first-order chi connectivity index (χ1) is 24.6. The number of tetrazole rings is 1. The van der Waals surface area contributed by atoms with Crippen LogP contribution in [0.5, 0.6) is 11.6 Å². The zero-order valence-corrected chi connectivity index (χ0v) is 27.7. The van der Waals surface area contributed by atoms with Crippen molar-refractivity contribution in [3.8, 4) is 29.0 Å². The van der Waals surface area contributed by atoms with Crippen molar-refractivity contribution in [3.05, 3.63) is 66.9 Å². The number of nitriles is 1. The molecule has 3 atom stereocenters. The number of anilines is 2. The number of nitrogens with zero attached hydrogens (tertiary/aromatic N) is 11. The smallest absolute Gasteiger partial charge is 0.257 e. The number of oxazole rings is 1. The minimum absolute atomic E-state index is 0.131. The molecule has 1 saturated carbocycles. The number of ether oxygens (including phenoxy) is 3. The number of nitrogens with one attached hydrogen (secondary N) is 1. The summed E-state index contributed by atoms with van der Waals surface area (Å²) in [7, 11) is 0. The topological polar surface area (TPSA) is 180 Å². The van der Waals surface area contributed by atoms with E-state index in [1.807, 2.05) is 36.0 Å². The standard InChI is InChI=1S/C34H38N12O4/c1-22(16-44-21-38-42-43-44)50-31-14-23(2-3-24(31)15-35)29-10-11-37-34(39-29)40-30-17-45(41-33(30)49-20-32-36-12-13-48-32)25-4-6-26(7-5-25)46-27-8-9-28(46)19-47-18-27/h2-3,10-14,17,21-22,25-28H,4-9,16,18-20H2,1H3,(H,37,39,40)/t22-,25-,26-,27-,28+/m0/s1. The summed E-state index contributed by atoms with van der Waals surface area (Å²) in [6, 6.07) is 11.4. The fourth-order valence-corrected chi connectivity index (χ4v) is 7.44. The van der Waals surface area contributed by atoms with Crippen molar-refractivity contribution >= 4 is 11.6 Å². The Labute approximate surface area is 288 Å². The lowest BCUT2D eigenvalue weighted by atomic mass is 9.89. The van der Waals surface area contributed by atoms with Gasteiger partial charge in [-0.3, -0.25) is 9.58 Å². The number of morpholine rings is 1. The van der Waals surface area contributed by atoms with Crippen LogP contribution in [-0.4, -0.2) is 87.3 Å². The molecule has 2 bridgehead atoms. The fraction of sp³-hybridized carbons (Fsp3) is 0.471. The van der Waals surface area contributed by atoms with Crippen molar-refractivity contribution in [1.29, 1.82) is 5.26 Å². The van der Waals surface area contributed by atoms with E-state index in [2.05, 4.69) is 41.8 Å². The molecule has 0 spiro atoms. The Morgan fingerprint density at radius 1 is 1.02 bits per heavy atom. The van der Waals surface area contributed by atoms with Gasteiger partial charge in [-0.25, -0.2) is 19.6 Å². The van der Waals surface area contributed by atoms with Gasteiger partial charge in [-0.1, -0.05) is 6.07 Å². The lowest BCUT2D eigenvalue weighted by Crippen LogP contribution is -2.52. The van der Waals surface area contributed by atoms with Crippen LogP contribution in [0.15, 0.2) is 59.9 Å². The number of fused-ring (bicyclic) bond motifs is 2. The monoisotopic (exact) mass is 678 g/mol. The summed E-state index contributed by atoms with van der Waals surface area (Å²) in [6.07, 6.45) is 14.8. The van der Waals surface area contributed by atoms with Gasteiger partial charge in [0.2, 0.25) is 11.8 Å². The number of hydrogen-bond donors (Lipinski definition) is 1. The first-order valence-electron chi connectivity index (χ1n) is 17.1. The number of benzene rings is 1. The number of aromatic nitrogens is 9. The van der Waals surface area contributed by atoms with Crippen LogP contribution in [0.4, 0.5) is 11.6 Å². The SMILES string of the molecule is C[C@@H](Cn1cnnn1)Oc1cc(-c2ccnc(Nc3cn([C@H]4CC[C@H](N5[C@@H]6CC[C@H]5COC6)CC4)nc3OCc3ncco3)n2)ccc1C#N. The molecule has 1 aromatic carbocycles. The van der Waals surface area contributed by atoms with Gasteiger partial charge in [0.15, 0.2) is 6.61 Å². The van der Waals surface area contributed by atoms with E-state index in [-0.39, 0.29) is 18.8 Å². The molecule has 2 aliphatic heterocycles. The largest absolute Gasteiger partial charge is 0.487 e. The van der Waals surface area contributed by atoms with Gasteiger partial charge >= 0.3 is 0 Å². The van der Waals surface area contributed by atoms with Gasteiger partial charge in [0.1, 0.15) is 36.2 Å². The van der Waals surface area contributed by atoms with E-state index >= 15 is 0 Å². The van der Waals surface area contributed by atoms with Crippen LogP contribution in [0.3, 0.4) is 0 Å². The molecule has 4 aromatic heterocycles. The third-order valence-corrected chi connectivity index (χ3v) is 9.74. The van der Waals surface area contributed by atoms with E-state index in [9.17, 15) is 5.26 Å². The van der Waals surface area contributed by atoms with Gasteiger partial charge in [0.25, 0.3) is 5.88 Å². The molecule has 0 unspecified atom stereocenters. The van der Waals surface area contributed by atoms with Crippen molar-refractivity contribution < 1.29 is 18.6 Å². The van der Waals surface area contributed by atoms with Crippen molar-refractivity contribution in [1.82, 2.24) is 49.8 Å². The maximum absolute atomic E-state index is 9.74. The molecule has 258 valence electrons. The zero-order chi connectivity index (χ0) is 33.9. The molecule has 50 heavy (non-hydrogen) atoms. The van der Waals surface area contributed by atoms with E-state index in [4.69, 9.17) is 28.7 Å². The molecule has 1 aliphatic carbocycles. The Bertz CT molecular complexity index is 1900. The summed E-state index contributed by atoms with van der Waals surface area (Å²) in [5, 5.41) is 29.2. The van der Waals surface area contributed by atoms with E-state index in [0.29, 0.717) is 65.1 Å². The molecule has 16 heteroatoms. The molecule has 3 fully saturated rings. The van der Waals surface area contributed by atoms with Crippen LogP contribution in [0.2, 0.25) is 0 Å². The fourth-order valence-electron chi connectivity index (χ4n) is 7.44. The molecule has 8 rings (SSSR count). The Morgan fingerprint density at radius 2 is 1.84 bits per heavy atom. The quantitative estimate of drug-likeness (QED) is 0.197. The summed E-state index contributed by atoms with van der Waals surface area (Å²) in [5.74, 6) is 1.68. The second kappa shape index (κ2) is 14.2. The van der Waals surface area contributed by atoms with E-state index in [0.717, 1.165) is 44.5 Å². The molecule has 5 aromatic rings. The van der Waals surface area contributed by atoms with E-state index in [1.54, 1.807) is 23.1 Å². The van der Waals surface area contributed by atoms with Gasteiger partial charge in [0.05, 0.1) is 49.5 Å². The highest BCUT2D eigenvalue weighted by atomic mass is 16.5. The molecule has 16 nitrogen and oxygen atoms in total. The number of hydrogen-bond acceptors (Lipinski definition) is 14. The Balaban J connectivity index is 0.993. The second-order valence-electron chi connectivity index (χ2n) is 13.0. The van der Waals surface area contributed by atoms with Crippen LogP contribution < -0.4 is 14.8 Å².